The first-order valence-corrected chi connectivity index (χ1v) is 8.35. The minimum Gasteiger partial charge on any atom is -0.506 e. The second-order valence-corrected chi connectivity index (χ2v) is 7.21. The molecule has 0 unspecified atom stereocenters. The van der Waals surface area contributed by atoms with E-state index in [1.54, 1.807) is 6.07 Å². The molecule has 0 aliphatic heterocycles. The van der Waals surface area contributed by atoms with Crippen LogP contribution in [0.15, 0.2) is 17.0 Å². The summed E-state index contributed by atoms with van der Waals surface area (Å²) in [5.74, 6) is -0.219. The third kappa shape index (κ3) is 3.65. The van der Waals surface area contributed by atoms with Gasteiger partial charge >= 0.3 is 0 Å². The Kier molecular flexibility index (Phi) is 6.52. The molecule has 0 aliphatic carbocycles. The molecule has 0 fully saturated rings. The van der Waals surface area contributed by atoms with Crippen molar-refractivity contribution in [1.29, 1.82) is 0 Å². The van der Waals surface area contributed by atoms with Crippen LogP contribution in [0.4, 0.5) is 0 Å². The summed E-state index contributed by atoms with van der Waals surface area (Å²) in [6.45, 7) is 6.34. The van der Waals surface area contributed by atoms with Gasteiger partial charge in [-0.05, 0) is 29.9 Å². The summed E-state index contributed by atoms with van der Waals surface area (Å²) in [5.41, 5.74) is 6.88. The number of halogens is 1. The molecule has 0 heterocycles. The molecule has 0 amide bonds. The van der Waals surface area contributed by atoms with Crippen LogP contribution in [0, 0.1) is 0 Å². The van der Waals surface area contributed by atoms with Crippen molar-refractivity contribution in [3.63, 3.8) is 0 Å². The van der Waals surface area contributed by atoms with Crippen molar-refractivity contribution < 1.29 is 13.5 Å². The Morgan fingerprint density at radius 3 is 2.10 bits per heavy atom. The van der Waals surface area contributed by atoms with Gasteiger partial charge in [-0.25, -0.2) is 8.42 Å². The van der Waals surface area contributed by atoms with Gasteiger partial charge in [0.15, 0.2) is 9.84 Å². The van der Waals surface area contributed by atoms with E-state index in [1.807, 2.05) is 6.07 Å². The predicted molar refractivity (Wildman–Crippen MR) is 84.3 cm³/mol. The second kappa shape index (κ2) is 6.78. The molecule has 3 N–H and O–H groups in total. The fourth-order valence-electron chi connectivity index (χ4n) is 2.11. The number of benzene rings is 1. The van der Waals surface area contributed by atoms with Gasteiger partial charge in [0.25, 0.3) is 0 Å². The van der Waals surface area contributed by atoms with Crippen LogP contribution in [0.3, 0.4) is 0 Å². The molecular weight excluding hydrogens is 298 g/mol. The molecule has 116 valence electrons. The van der Waals surface area contributed by atoms with Crippen LogP contribution in [0.5, 0.6) is 5.75 Å². The summed E-state index contributed by atoms with van der Waals surface area (Å²) in [4.78, 5) is -0.0291. The van der Waals surface area contributed by atoms with Crippen molar-refractivity contribution >= 4 is 22.2 Å². The number of phenolic OH excluding ortho intramolecular Hbond substituents is 1. The minimum absolute atomic E-state index is 0. The summed E-state index contributed by atoms with van der Waals surface area (Å²) in [5, 5.41) is 10.0. The van der Waals surface area contributed by atoms with Gasteiger partial charge < -0.3 is 10.8 Å². The van der Waals surface area contributed by atoms with Crippen molar-refractivity contribution in [3.8, 4) is 5.75 Å². The van der Waals surface area contributed by atoms with E-state index in [1.165, 1.54) is 0 Å². The van der Waals surface area contributed by atoms with Gasteiger partial charge in [-0.15, -0.1) is 12.4 Å². The van der Waals surface area contributed by atoms with E-state index in [-0.39, 0.29) is 35.0 Å². The van der Waals surface area contributed by atoms with Gasteiger partial charge in [-0.3, -0.25) is 0 Å². The Morgan fingerprint density at radius 2 is 1.75 bits per heavy atom. The van der Waals surface area contributed by atoms with E-state index < -0.39 is 9.84 Å². The van der Waals surface area contributed by atoms with Crippen molar-refractivity contribution in [2.24, 2.45) is 5.73 Å². The maximum atomic E-state index is 11.8. The first-order chi connectivity index (χ1) is 8.69. The van der Waals surface area contributed by atoms with Gasteiger partial charge in [-0.2, -0.15) is 0 Å². The largest absolute Gasteiger partial charge is 0.506 e. The number of aromatic hydroxyl groups is 1. The normalized spacial score (nSPS) is 12.1. The lowest BCUT2D eigenvalue weighted by atomic mass is 9.77. The Morgan fingerprint density at radius 1 is 1.25 bits per heavy atom. The van der Waals surface area contributed by atoms with Crippen LogP contribution in [0.1, 0.15) is 44.7 Å². The van der Waals surface area contributed by atoms with Crippen molar-refractivity contribution in [1.82, 2.24) is 0 Å². The van der Waals surface area contributed by atoms with Gasteiger partial charge in [0.2, 0.25) is 0 Å². The molecule has 0 spiro atoms. The lowest BCUT2D eigenvalue weighted by Crippen LogP contribution is -2.21. The molecule has 0 bridgehead atoms. The van der Waals surface area contributed by atoms with Crippen LogP contribution in [0.2, 0.25) is 0 Å². The molecule has 4 nitrogen and oxygen atoms in total. The van der Waals surface area contributed by atoms with Crippen LogP contribution >= 0.6 is 12.4 Å². The SMILES string of the molecule is CCC(C)(CC)c1cc(CN)c(O)c(S(C)(=O)=O)c1.Cl. The van der Waals surface area contributed by atoms with E-state index >= 15 is 0 Å². The number of phenols is 1. The third-order valence-corrected chi connectivity index (χ3v) is 5.14. The highest BCUT2D eigenvalue weighted by atomic mass is 35.5. The zero-order chi connectivity index (χ0) is 14.8. The molecule has 0 saturated heterocycles. The van der Waals surface area contributed by atoms with Crippen molar-refractivity contribution in [2.75, 3.05) is 6.26 Å². The van der Waals surface area contributed by atoms with E-state index in [2.05, 4.69) is 20.8 Å². The van der Waals surface area contributed by atoms with E-state index in [4.69, 9.17) is 5.73 Å². The first-order valence-electron chi connectivity index (χ1n) is 6.46. The standard InChI is InChI=1S/C14H23NO3S.ClH/c1-5-14(3,6-2)11-7-10(9-15)13(16)12(8-11)19(4,17)18;/h7-8,16H,5-6,9,15H2,1-4H3;1H. The van der Waals surface area contributed by atoms with E-state index in [0.29, 0.717) is 5.56 Å². The molecule has 1 rings (SSSR count). The smallest absolute Gasteiger partial charge is 0.179 e. The molecule has 20 heavy (non-hydrogen) atoms. The summed E-state index contributed by atoms with van der Waals surface area (Å²) >= 11 is 0. The summed E-state index contributed by atoms with van der Waals surface area (Å²) in [6.07, 6.45) is 2.88. The predicted octanol–water partition coefficient (Wildman–Crippen LogP) is 2.75. The fraction of sp³-hybridized carbons (Fsp3) is 0.571. The summed E-state index contributed by atoms with van der Waals surface area (Å²) in [7, 11) is -3.47. The highest BCUT2D eigenvalue weighted by molar-refractivity contribution is 7.90. The lowest BCUT2D eigenvalue weighted by molar-refractivity contribution is 0.428. The van der Waals surface area contributed by atoms with E-state index in [9.17, 15) is 13.5 Å². The number of nitrogens with two attached hydrogens (primary N) is 1. The average Bonchev–Trinajstić information content (AvgIpc) is 2.36. The van der Waals surface area contributed by atoms with Gasteiger partial charge in [0.1, 0.15) is 10.6 Å². The molecule has 0 aromatic heterocycles. The highest BCUT2D eigenvalue weighted by Crippen LogP contribution is 2.37. The Balaban J connectivity index is 0.00000361. The van der Waals surface area contributed by atoms with Gasteiger partial charge in [-0.1, -0.05) is 26.8 Å². The molecule has 0 atom stereocenters. The molecule has 1 aromatic rings. The monoisotopic (exact) mass is 321 g/mol. The van der Waals surface area contributed by atoms with Crippen molar-refractivity contribution in [2.45, 2.75) is 50.5 Å². The fourth-order valence-corrected chi connectivity index (χ4v) is 2.93. The highest BCUT2D eigenvalue weighted by Gasteiger charge is 2.26. The third-order valence-electron chi connectivity index (χ3n) is 4.03. The number of rotatable bonds is 5. The Bertz CT molecular complexity index is 566. The molecule has 6 heteroatoms. The van der Waals surface area contributed by atoms with E-state index in [0.717, 1.165) is 24.7 Å². The molecule has 0 radical (unpaired) electrons. The number of hydrogen-bond donors (Lipinski definition) is 2. The number of sulfone groups is 1. The molecule has 1 aromatic carbocycles. The Hall–Kier alpha value is -0.780. The maximum absolute atomic E-state index is 11.8. The summed E-state index contributed by atoms with van der Waals surface area (Å²) < 4.78 is 23.6. The first kappa shape index (κ1) is 19.2. The van der Waals surface area contributed by atoms with Crippen LogP contribution < -0.4 is 5.73 Å². The Labute approximate surface area is 127 Å². The number of hydrogen-bond acceptors (Lipinski definition) is 4. The zero-order valence-corrected chi connectivity index (χ0v) is 14.1. The molecule has 0 saturated carbocycles. The van der Waals surface area contributed by atoms with Crippen molar-refractivity contribution in [3.05, 3.63) is 23.3 Å². The second-order valence-electron chi connectivity index (χ2n) is 5.23. The van der Waals surface area contributed by atoms with Gasteiger partial charge in [0, 0.05) is 18.4 Å². The van der Waals surface area contributed by atoms with Gasteiger partial charge in [0.05, 0.1) is 0 Å². The zero-order valence-electron chi connectivity index (χ0n) is 12.4. The average molecular weight is 322 g/mol. The maximum Gasteiger partial charge on any atom is 0.179 e. The lowest BCUT2D eigenvalue weighted by Gasteiger charge is -2.28. The molecule has 0 aliphatic rings. The topological polar surface area (TPSA) is 80.4 Å². The van der Waals surface area contributed by atoms with Crippen LogP contribution in [-0.4, -0.2) is 19.8 Å². The molecular formula is C14H24ClNO3S. The van der Waals surface area contributed by atoms with Crippen LogP contribution in [-0.2, 0) is 21.8 Å². The summed E-state index contributed by atoms with van der Waals surface area (Å²) in [6, 6.07) is 3.40. The quantitative estimate of drug-likeness (QED) is 0.873. The van der Waals surface area contributed by atoms with Crippen LogP contribution in [0.25, 0.3) is 0 Å². The minimum atomic E-state index is -3.47.